The van der Waals surface area contributed by atoms with Crippen LogP contribution < -0.4 is 5.56 Å². The van der Waals surface area contributed by atoms with Crippen LogP contribution in [0.15, 0.2) is 41.5 Å². The molecular weight excluding hydrogens is 350 g/mol. The summed E-state index contributed by atoms with van der Waals surface area (Å²) >= 11 is 0. The van der Waals surface area contributed by atoms with Crippen molar-refractivity contribution >= 4 is 22.1 Å². The molecule has 0 bridgehead atoms. The Labute approximate surface area is 162 Å². The van der Waals surface area contributed by atoms with Crippen molar-refractivity contribution in [2.75, 3.05) is 0 Å². The number of pyridine rings is 1. The second kappa shape index (κ2) is 6.55. The first-order valence-corrected chi connectivity index (χ1v) is 9.87. The molecule has 3 aromatic heterocycles. The second-order valence-electron chi connectivity index (χ2n) is 7.93. The van der Waals surface area contributed by atoms with E-state index in [4.69, 9.17) is 0 Å². The normalized spacial score (nSPS) is 20.1. The highest BCUT2D eigenvalue weighted by Gasteiger charge is 2.26. The Hall–Kier alpha value is -3.02. The molecule has 0 atom stereocenters. The quantitative estimate of drug-likeness (QED) is 0.577. The van der Waals surface area contributed by atoms with Crippen LogP contribution >= 0.6 is 0 Å². The predicted molar refractivity (Wildman–Crippen MR) is 110 cm³/mol. The van der Waals surface area contributed by atoms with Crippen LogP contribution in [0.1, 0.15) is 54.3 Å². The topological polar surface area (TPSA) is 76.5 Å². The van der Waals surface area contributed by atoms with Gasteiger partial charge in [-0.3, -0.25) is 14.5 Å². The van der Waals surface area contributed by atoms with Gasteiger partial charge < -0.3 is 4.98 Å². The molecule has 3 heterocycles. The molecule has 0 unspecified atom stereocenters. The van der Waals surface area contributed by atoms with Gasteiger partial charge in [0, 0.05) is 24.2 Å². The van der Waals surface area contributed by atoms with Crippen molar-refractivity contribution in [1.29, 1.82) is 0 Å². The monoisotopic (exact) mass is 373 g/mol. The van der Waals surface area contributed by atoms with E-state index < -0.39 is 0 Å². The van der Waals surface area contributed by atoms with Crippen molar-refractivity contribution in [3.05, 3.63) is 63.8 Å². The van der Waals surface area contributed by atoms with Gasteiger partial charge in [0.25, 0.3) is 5.56 Å². The second-order valence-corrected chi connectivity index (χ2v) is 7.93. The van der Waals surface area contributed by atoms with E-state index in [0.717, 1.165) is 48.0 Å². The van der Waals surface area contributed by atoms with E-state index in [9.17, 15) is 4.79 Å². The summed E-state index contributed by atoms with van der Waals surface area (Å²) in [6, 6.07) is 8.61. The lowest BCUT2D eigenvalue weighted by Gasteiger charge is -2.28. The largest absolute Gasteiger partial charge is 0.305 e. The maximum atomic E-state index is 12.6. The molecule has 28 heavy (non-hydrogen) atoms. The Morgan fingerprint density at radius 1 is 1.07 bits per heavy atom. The van der Waals surface area contributed by atoms with Gasteiger partial charge in [-0.2, -0.15) is 5.10 Å². The van der Waals surface area contributed by atoms with Crippen LogP contribution in [0, 0.1) is 6.92 Å². The fourth-order valence-electron chi connectivity index (χ4n) is 4.55. The van der Waals surface area contributed by atoms with E-state index in [1.54, 1.807) is 6.20 Å². The Balaban J connectivity index is 1.37. The molecule has 0 spiro atoms. The Bertz CT molecular complexity index is 1230. The van der Waals surface area contributed by atoms with Crippen molar-refractivity contribution in [2.24, 2.45) is 7.05 Å². The number of hydrogen-bond donors (Lipinski definition) is 1. The van der Waals surface area contributed by atoms with Gasteiger partial charge in [-0.1, -0.05) is 6.07 Å². The minimum atomic E-state index is -0.0207. The van der Waals surface area contributed by atoms with Gasteiger partial charge in [-0.15, -0.1) is 0 Å². The van der Waals surface area contributed by atoms with Crippen LogP contribution in [0.5, 0.6) is 0 Å². The third kappa shape index (κ3) is 2.89. The van der Waals surface area contributed by atoms with Gasteiger partial charge in [-0.25, -0.2) is 4.98 Å². The summed E-state index contributed by atoms with van der Waals surface area (Å²) in [4.78, 5) is 24.3. The lowest BCUT2D eigenvalue weighted by molar-refractivity contribution is 0.395. The van der Waals surface area contributed by atoms with Crippen molar-refractivity contribution in [3.8, 4) is 0 Å². The highest BCUT2D eigenvalue weighted by atomic mass is 16.1. The first kappa shape index (κ1) is 17.1. The standard InChI is InChI=1S/C22H23N5O/c1-13-11-23-19-10-18(22(28)26-21(19)25-13)15-5-3-14(4-6-15)16-7-8-20-17(9-16)12-24-27(20)2/h7-12,14-15H,3-6H2,1-2H3,(H,25,26,28). The van der Waals surface area contributed by atoms with E-state index in [1.165, 1.54) is 10.9 Å². The fourth-order valence-corrected chi connectivity index (χ4v) is 4.55. The molecule has 0 saturated heterocycles. The van der Waals surface area contributed by atoms with Crippen molar-refractivity contribution in [2.45, 2.75) is 44.4 Å². The number of nitrogens with one attached hydrogen (secondary N) is 1. The summed E-state index contributed by atoms with van der Waals surface area (Å²) in [5.74, 6) is 0.831. The third-order valence-corrected chi connectivity index (χ3v) is 6.12. The minimum absolute atomic E-state index is 0.0207. The number of benzene rings is 1. The highest BCUT2D eigenvalue weighted by molar-refractivity contribution is 5.79. The summed E-state index contributed by atoms with van der Waals surface area (Å²) in [7, 11) is 1.97. The number of aromatic nitrogens is 5. The van der Waals surface area contributed by atoms with Gasteiger partial charge in [0.15, 0.2) is 5.65 Å². The molecule has 1 N–H and O–H groups in total. The zero-order valence-corrected chi connectivity index (χ0v) is 16.1. The summed E-state index contributed by atoms with van der Waals surface area (Å²) in [5.41, 5.74) is 5.53. The maximum absolute atomic E-state index is 12.6. The molecule has 1 saturated carbocycles. The van der Waals surface area contributed by atoms with Crippen molar-refractivity contribution in [3.63, 3.8) is 0 Å². The number of fused-ring (bicyclic) bond motifs is 2. The van der Waals surface area contributed by atoms with E-state index in [2.05, 4.69) is 38.2 Å². The number of hydrogen-bond acceptors (Lipinski definition) is 4. The summed E-state index contributed by atoms with van der Waals surface area (Å²) in [6.07, 6.45) is 7.89. The van der Waals surface area contributed by atoms with E-state index in [0.29, 0.717) is 11.6 Å². The van der Waals surface area contributed by atoms with Gasteiger partial charge in [-0.05, 0) is 68.2 Å². The molecule has 1 aliphatic carbocycles. The number of rotatable bonds is 2. The summed E-state index contributed by atoms with van der Waals surface area (Å²) in [6.45, 7) is 1.88. The van der Waals surface area contributed by atoms with Crippen LogP contribution in [0.3, 0.4) is 0 Å². The van der Waals surface area contributed by atoms with Crippen molar-refractivity contribution in [1.82, 2.24) is 24.7 Å². The Kier molecular flexibility index (Phi) is 4.00. The molecule has 0 aliphatic heterocycles. The number of H-pyrrole nitrogens is 1. The molecule has 1 fully saturated rings. The van der Waals surface area contributed by atoms with Gasteiger partial charge in [0.05, 0.1) is 17.4 Å². The molecule has 142 valence electrons. The van der Waals surface area contributed by atoms with E-state index >= 15 is 0 Å². The molecule has 0 amide bonds. The number of aryl methyl sites for hydroxylation is 2. The zero-order chi connectivity index (χ0) is 19.3. The average molecular weight is 373 g/mol. The third-order valence-electron chi connectivity index (χ3n) is 6.12. The van der Waals surface area contributed by atoms with Crippen LogP contribution in [0.4, 0.5) is 0 Å². The molecule has 0 radical (unpaired) electrons. The first-order chi connectivity index (χ1) is 13.6. The lowest BCUT2D eigenvalue weighted by Crippen LogP contribution is -2.21. The molecule has 4 aromatic rings. The maximum Gasteiger partial charge on any atom is 0.253 e. The van der Waals surface area contributed by atoms with Crippen LogP contribution in [0.25, 0.3) is 22.1 Å². The van der Waals surface area contributed by atoms with Gasteiger partial charge in [0.1, 0.15) is 5.52 Å². The minimum Gasteiger partial charge on any atom is -0.305 e. The van der Waals surface area contributed by atoms with Gasteiger partial charge in [0.2, 0.25) is 0 Å². The summed E-state index contributed by atoms with van der Waals surface area (Å²) in [5, 5.41) is 5.54. The molecule has 6 nitrogen and oxygen atoms in total. The number of aromatic amines is 1. The molecule has 1 aromatic carbocycles. The van der Waals surface area contributed by atoms with E-state index in [1.807, 2.05) is 30.9 Å². The average Bonchev–Trinajstić information content (AvgIpc) is 3.08. The Morgan fingerprint density at radius 2 is 1.86 bits per heavy atom. The zero-order valence-electron chi connectivity index (χ0n) is 16.1. The number of nitrogens with zero attached hydrogens (tertiary/aromatic N) is 4. The molecule has 1 aliphatic rings. The first-order valence-electron chi connectivity index (χ1n) is 9.87. The lowest BCUT2D eigenvalue weighted by atomic mass is 9.76. The highest BCUT2D eigenvalue weighted by Crippen LogP contribution is 2.40. The van der Waals surface area contributed by atoms with Gasteiger partial charge >= 0.3 is 0 Å². The molecule has 6 heteroatoms. The van der Waals surface area contributed by atoms with Crippen LogP contribution in [-0.2, 0) is 7.05 Å². The van der Waals surface area contributed by atoms with Crippen molar-refractivity contribution < 1.29 is 0 Å². The van der Waals surface area contributed by atoms with Crippen LogP contribution in [0.2, 0.25) is 0 Å². The molecular formula is C22H23N5O. The Morgan fingerprint density at radius 3 is 2.68 bits per heavy atom. The van der Waals surface area contributed by atoms with E-state index in [-0.39, 0.29) is 11.5 Å². The SMILES string of the molecule is Cc1cnc2cc(C3CCC(c4ccc5c(cnn5C)c4)CC3)c(=O)[nH]c2n1. The van der Waals surface area contributed by atoms with Crippen LogP contribution in [-0.4, -0.2) is 24.7 Å². The molecule has 5 rings (SSSR count). The summed E-state index contributed by atoms with van der Waals surface area (Å²) < 4.78 is 1.91. The predicted octanol–water partition coefficient (Wildman–Crippen LogP) is 3.95. The fraction of sp³-hybridized carbons (Fsp3) is 0.364. The smallest absolute Gasteiger partial charge is 0.253 e.